The van der Waals surface area contributed by atoms with Crippen LogP contribution in [0.3, 0.4) is 0 Å². The van der Waals surface area contributed by atoms with E-state index in [1.54, 1.807) is 6.08 Å². The maximum atomic E-state index is 12.3. The van der Waals surface area contributed by atoms with Gasteiger partial charge in [-0.05, 0) is 67.8 Å². The standard InChI is InChI=1S/C21H30O5/c1-20-9-17(25)19-14(15(20)4-5-16(20)18(26)10-22)3-2-12-8-13(24)6-7-21(12,19)11-23/h8,14-17,19,22-23,25H,2-7,9-11H2,1H3/t14-,15-,16+,17-,19+,20-,21-/m0/s1. The number of aliphatic hydroxyl groups excluding tert-OH is 3. The van der Waals surface area contributed by atoms with E-state index in [2.05, 4.69) is 6.92 Å². The first-order valence-corrected chi connectivity index (χ1v) is 10.0. The molecule has 5 heteroatoms. The van der Waals surface area contributed by atoms with Gasteiger partial charge >= 0.3 is 0 Å². The Hall–Kier alpha value is -1.04. The molecule has 4 rings (SSSR count). The summed E-state index contributed by atoms with van der Waals surface area (Å²) in [6.07, 6.45) is 6.17. The van der Waals surface area contributed by atoms with Crippen molar-refractivity contribution in [2.24, 2.45) is 34.5 Å². The van der Waals surface area contributed by atoms with Crippen LogP contribution in [-0.4, -0.2) is 46.2 Å². The highest BCUT2D eigenvalue weighted by atomic mass is 16.3. The maximum Gasteiger partial charge on any atom is 0.161 e. The van der Waals surface area contributed by atoms with Gasteiger partial charge in [-0.2, -0.15) is 0 Å². The smallest absolute Gasteiger partial charge is 0.161 e. The van der Waals surface area contributed by atoms with E-state index in [0.29, 0.717) is 25.2 Å². The summed E-state index contributed by atoms with van der Waals surface area (Å²) in [4.78, 5) is 24.2. The molecule has 7 atom stereocenters. The maximum absolute atomic E-state index is 12.3. The van der Waals surface area contributed by atoms with Crippen LogP contribution in [-0.2, 0) is 9.59 Å². The SMILES string of the molecule is C[C@]12C[C@H](O)[C@H]3[C@@H](CCC4=CC(=O)CC[C@]43CO)[C@@H]1CC[C@@H]2C(=O)CO. The second-order valence-corrected chi connectivity index (χ2v) is 9.32. The molecule has 0 aromatic heterocycles. The van der Waals surface area contributed by atoms with Crippen LogP contribution in [0.4, 0.5) is 0 Å². The van der Waals surface area contributed by atoms with Gasteiger partial charge in [0.25, 0.3) is 0 Å². The molecule has 0 bridgehead atoms. The van der Waals surface area contributed by atoms with Crippen molar-refractivity contribution in [1.29, 1.82) is 0 Å². The minimum Gasteiger partial charge on any atom is -0.395 e. The van der Waals surface area contributed by atoms with Gasteiger partial charge in [0.1, 0.15) is 6.61 Å². The van der Waals surface area contributed by atoms with Crippen molar-refractivity contribution in [1.82, 2.24) is 0 Å². The molecule has 3 N–H and O–H groups in total. The molecule has 3 saturated carbocycles. The topological polar surface area (TPSA) is 94.8 Å². The Morgan fingerprint density at radius 2 is 2.00 bits per heavy atom. The number of Topliss-reactive ketones (excluding diaryl/α,β-unsaturated/α-hetero) is 1. The van der Waals surface area contributed by atoms with Crippen molar-refractivity contribution in [2.75, 3.05) is 13.2 Å². The summed E-state index contributed by atoms with van der Waals surface area (Å²) in [5, 5.41) is 30.9. The summed E-state index contributed by atoms with van der Waals surface area (Å²) >= 11 is 0. The average molecular weight is 362 g/mol. The lowest BCUT2D eigenvalue weighted by Gasteiger charge is -2.60. The second-order valence-electron chi connectivity index (χ2n) is 9.32. The average Bonchev–Trinajstić information content (AvgIpc) is 2.97. The van der Waals surface area contributed by atoms with Gasteiger partial charge in [-0.15, -0.1) is 0 Å². The van der Waals surface area contributed by atoms with Gasteiger partial charge in [-0.3, -0.25) is 9.59 Å². The van der Waals surface area contributed by atoms with E-state index in [4.69, 9.17) is 0 Å². The van der Waals surface area contributed by atoms with E-state index in [1.807, 2.05) is 0 Å². The molecule has 4 aliphatic carbocycles. The van der Waals surface area contributed by atoms with Crippen LogP contribution >= 0.6 is 0 Å². The van der Waals surface area contributed by atoms with Crippen LogP contribution in [0, 0.1) is 34.5 Å². The molecule has 0 unspecified atom stereocenters. The van der Waals surface area contributed by atoms with Crippen molar-refractivity contribution in [3.05, 3.63) is 11.6 Å². The fourth-order valence-corrected chi connectivity index (χ4v) is 7.40. The monoisotopic (exact) mass is 362 g/mol. The number of fused-ring (bicyclic) bond motifs is 5. The van der Waals surface area contributed by atoms with Gasteiger partial charge < -0.3 is 15.3 Å². The Morgan fingerprint density at radius 3 is 2.69 bits per heavy atom. The second kappa shape index (κ2) is 6.25. The van der Waals surface area contributed by atoms with Crippen molar-refractivity contribution >= 4 is 11.6 Å². The Balaban J connectivity index is 1.72. The van der Waals surface area contributed by atoms with Crippen LogP contribution in [0.2, 0.25) is 0 Å². The molecule has 0 aromatic rings. The van der Waals surface area contributed by atoms with Crippen LogP contribution in [0.5, 0.6) is 0 Å². The van der Waals surface area contributed by atoms with E-state index < -0.39 is 18.1 Å². The van der Waals surface area contributed by atoms with Gasteiger partial charge in [-0.1, -0.05) is 12.5 Å². The molecule has 4 aliphatic rings. The molecule has 0 saturated heterocycles. The van der Waals surface area contributed by atoms with Crippen LogP contribution in [0.25, 0.3) is 0 Å². The molecule has 0 spiro atoms. The largest absolute Gasteiger partial charge is 0.395 e. The Morgan fingerprint density at radius 1 is 1.23 bits per heavy atom. The first-order valence-electron chi connectivity index (χ1n) is 10.0. The van der Waals surface area contributed by atoms with Crippen molar-refractivity contribution < 1.29 is 24.9 Å². The molecule has 0 heterocycles. The van der Waals surface area contributed by atoms with E-state index in [0.717, 1.165) is 31.3 Å². The third kappa shape index (κ3) is 2.33. The predicted molar refractivity (Wildman–Crippen MR) is 95.1 cm³/mol. The lowest BCUT2D eigenvalue weighted by Crippen LogP contribution is -2.59. The molecule has 5 nitrogen and oxygen atoms in total. The lowest BCUT2D eigenvalue weighted by atomic mass is 9.45. The Labute approximate surface area is 154 Å². The molecule has 0 radical (unpaired) electrons. The van der Waals surface area contributed by atoms with E-state index in [9.17, 15) is 24.9 Å². The van der Waals surface area contributed by atoms with E-state index >= 15 is 0 Å². The highest BCUT2D eigenvalue weighted by Gasteiger charge is 2.63. The Kier molecular flexibility index (Phi) is 4.41. The number of carbonyl (C=O) groups is 2. The number of rotatable bonds is 3. The summed E-state index contributed by atoms with van der Waals surface area (Å²) in [6.45, 7) is 1.67. The van der Waals surface area contributed by atoms with Crippen molar-refractivity contribution in [2.45, 2.75) is 58.0 Å². The van der Waals surface area contributed by atoms with Gasteiger partial charge in [0, 0.05) is 17.8 Å². The first-order chi connectivity index (χ1) is 12.4. The number of aliphatic hydroxyl groups is 3. The summed E-state index contributed by atoms with van der Waals surface area (Å²) < 4.78 is 0. The molecule has 0 amide bonds. The van der Waals surface area contributed by atoms with Gasteiger partial charge in [0.15, 0.2) is 11.6 Å². The van der Waals surface area contributed by atoms with Crippen LogP contribution < -0.4 is 0 Å². The zero-order valence-corrected chi connectivity index (χ0v) is 15.5. The van der Waals surface area contributed by atoms with E-state index in [-0.39, 0.29) is 41.3 Å². The fourth-order valence-electron chi connectivity index (χ4n) is 7.40. The van der Waals surface area contributed by atoms with Gasteiger partial charge in [0.2, 0.25) is 0 Å². The fraction of sp³-hybridized carbons (Fsp3) is 0.810. The summed E-state index contributed by atoms with van der Waals surface area (Å²) in [6, 6.07) is 0. The molecule has 3 fully saturated rings. The molecular weight excluding hydrogens is 332 g/mol. The van der Waals surface area contributed by atoms with Gasteiger partial charge in [-0.25, -0.2) is 0 Å². The number of carbonyl (C=O) groups excluding carboxylic acids is 2. The highest BCUT2D eigenvalue weighted by molar-refractivity contribution is 5.91. The number of hydrogen-bond donors (Lipinski definition) is 3. The van der Waals surface area contributed by atoms with E-state index in [1.165, 1.54) is 0 Å². The third-order valence-corrected chi connectivity index (χ3v) is 8.46. The summed E-state index contributed by atoms with van der Waals surface area (Å²) in [5.74, 6) is 0.408. The normalized spacial score (nSPS) is 47.6. The molecule has 26 heavy (non-hydrogen) atoms. The summed E-state index contributed by atoms with van der Waals surface area (Å²) in [7, 11) is 0. The summed E-state index contributed by atoms with van der Waals surface area (Å²) in [5.41, 5.74) is 0.278. The van der Waals surface area contributed by atoms with Crippen LogP contribution in [0.15, 0.2) is 11.6 Å². The zero-order chi connectivity index (χ0) is 18.7. The minimum absolute atomic E-state index is 0.0211. The molecular formula is C21H30O5. The Bertz CT molecular complexity index is 655. The van der Waals surface area contributed by atoms with Gasteiger partial charge in [0.05, 0.1) is 12.7 Å². The highest BCUT2D eigenvalue weighted by Crippen LogP contribution is 2.66. The first kappa shape index (κ1) is 18.3. The minimum atomic E-state index is -0.586. The molecule has 144 valence electrons. The van der Waals surface area contributed by atoms with Crippen LogP contribution in [0.1, 0.15) is 51.9 Å². The third-order valence-electron chi connectivity index (χ3n) is 8.46. The quantitative estimate of drug-likeness (QED) is 0.709. The number of hydrogen-bond acceptors (Lipinski definition) is 5. The predicted octanol–water partition coefficient (Wildman–Crippen LogP) is 1.64. The number of ketones is 2. The molecule has 0 aliphatic heterocycles. The lowest BCUT2D eigenvalue weighted by molar-refractivity contribution is -0.153. The zero-order valence-electron chi connectivity index (χ0n) is 15.5. The van der Waals surface area contributed by atoms with Crippen molar-refractivity contribution in [3.8, 4) is 0 Å². The molecule has 0 aromatic carbocycles. The van der Waals surface area contributed by atoms with Crippen molar-refractivity contribution in [3.63, 3.8) is 0 Å².